The molecule has 0 radical (unpaired) electrons. The Morgan fingerprint density at radius 1 is 1.29 bits per heavy atom. The van der Waals surface area contributed by atoms with Crippen LogP contribution in [0.25, 0.3) is 0 Å². The van der Waals surface area contributed by atoms with Crippen molar-refractivity contribution in [2.24, 2.45) is 0 Å². The summed E-state index contributed by atoms with van der Waals surface area (Å²) in [6.07, 6.45) is 0.343. The van der Waals surface area contributed by atoms with E-state index in [4.69, 9.17) is 4.42 Å². The van der Waals surface area contributed by atoms with Crippen molar-refractivity contribution in [2.75, 3.05) is 0 Å². The van der Waals surface area contributed by atoms with Gasteiger partial charge in [0.1, 0.15) is 11.9 Å². The zero-order chi connectivity index (χ0) is 12.4. The van der Waals surface area contributed by atoms with Gasteiger partial charge in [-0.15, -0.1) is 0 Å². The monoisotopic (exact) mass is 302 g/mol. The van der Waals surface area contributed by atoms with Gasteiger partial charge in [0.2, 0.25) is 0 Å². The molecule has 2 nitrogen and oxygen atoms in total. The minimum atomic E-state index is -1.02. The van der Waals surface area contributed by atoms with Crippen molar-refractivity contribution < 1.29 is 18.3 Å². The van der Waals surface area contributed by atoms with Crippen molar-refractivity contribution in [3.8, 4) is 0 Å². The van der Waals surface area contributed by atoms with Gasteiger partial charge in [-0.2, -0.15) is 0 Å². The highest BCUT2D eigenvalue weighted by atomic mass is 79.9. The lowest BCUT2D eigenvalue weighted by Gasteiger charge is -2.09. The van der Waals surface area contributed by atoms with Crippen LogP contribution >= 0.6 is 15.9 Å². The molecule has 90 valence electrons. The molecule has 0 aliphatic heterocycles. The van der Waals surface area contributed by atoms with Gasteiger partial charge in [-0.1, -0.05) is 12.1 Å². The highest BCUT2D eigenvalue weighted by molar-refractivity contribution is 9.10. The largest absolute Gasteiger partial charge is 0.465 e. The van der Waals surface area contributed by atoms with Gasteiger partial charge in [0, 0.05) is 6.42 Å². The van der Waals surface area contributed by atoms with E-state index in [2.05, 4.69) is 15.9 Å². The van der Waals surface area contributed by atoms with E-state index >= 15 is 0 Å². The number of aliphatic hydroxyl groups is 1. The molecule has 0 aliphatic carbocycles. The van der Waals surface area contributed by atoms with Gasteiger partial charge < -0.3 is 9.52 Å². The van der Waals surface area contributed by atoms with Gasteiger partial charge in [0.15, 0.2) is 11.6 Å². The van der Waals surface area contributed by atoms with Crippen LogP contribution in [0.2, 0.25) is 0 Å². The van der Waals surface area contributed by atoms with Gasteiger partial charge in [-0.05, 0) is 33.6 Å². The predicted molar refractivity (Wildman–Crippen MR) is 61.4 cm³/mol. The summed E-state index contributed by atoms with van der Waals surface area (Å²) in [5, 5.41) is 9.85. The zero-order valence-electron chi connectivity index (χ0n) is 8.66. The first kappa shape index (κ1) is 12.3. The molecule has 2 aromatic rings. The lowest BCUT2D eigenvalue weighted by molar-refractivity contribution is 0.148. The molecule has 1 aromatic heterocycles. The van der Waals surface area contributed by atoms with Crippen molar-refractivity contribution in [1.29, 1.82) is 0 Å². The van der Waals surface area contributed by atoms with E-state index in [1.807, 2.05) is 0 Å². The maximum atomic E-state index is 13.4. The predicted octanol–water partition coefficient (Wildman–Crippen LogP) is 3.60. The number of aliphatic hydroxyl groups excluding tert-OH is 1. The van der Waals surface area contributed by atoms with E-state index in [-0.39, 0.29) is 12.0 Å². The lowest BCUT2D eigenvalue weighted by Crippen LogP contribution is -2.04. The Morgan fingerprint density at radius 2 is 2.06 bits per heavy atom. The third-order valence-corrected chi connectivity index (χ3v) is 3.05. The van der Waals surface area contributed by atoms with E-state index in [0.29, 0.717) is 10.2 Å². The molecule has 0 amide bonds. The average Bonchev–Trinajstić information content (AvgIpc) is 2.71. The van der Waals surface area contributed by atoms with Gasteiger partial charge in [0.05, 0.1) is 10.7 Å². The molecular weight excluding hydrogens is 294 g/mol. The summed E-state index contributed by atoms with van der Waals surface area (Å²) in [5.74, 6) is -1.56. The minimum absolute atomic E-state index is 0.0459. The molecule has 17 heavy (non-hydrogen) atoms. The fourth-order valence-electron chi connectivity index (χ4n) is 1.55. The molecule has 5 heteroatoms. The van der Waals surface area contributed by atoms with Crippen molar-refractivity contribution in [1.82, 2.24) is 0 Å². The number of benzene rings is 1. The molecule has 0 fully saturated rings. The van der Waals surface area contributed by atoms with E-state index in [0.717, 1.165) is 6.07 Å². The molecule has 0 saturated heterocycles. The first-order valence-corrected chi connectivity index (χ1v) is 5.72. The van der Waals surface area contributed by atoms with Crippen molar-refractivity contribution in [3.63, 3.8) is 0 Å². The molecule has 0 spiro atoms. The number of hydrogen-bond donors (Lipinski definition) is 1. The maximum absolute atomic E-state index is 13.4. The van der Waals surface area contributed by atoms with E-state index < -0.39 is 17.7 Å². The van der Waals surface area contributed by atoms with Crippen molar-refractivity contribution >= 4 is 15.9 Å². The first-order chi connectivity index (χ1) is 8.09. The highest BCUT2D eigenvalue weighted by Crippen LogP contribution is 2.27. The van der Waals surface area contributed by atoms with E-state index in [1.54, 1.807) is 6.07 Å². The molecule has 1 aromatic carbocycles. The Kier molecular flexibility index (Phi) is 3.59. The van der Waals surface area contributed by atoms with Crippen LogP contribution in [0.3, 0.4) is 0 Å². The van der Waals surface area contributed by atoms with Crippen LogP contribution < -0.4 is 0 Å². The Labute approximate surface area is 105 Å². The van der Waals surface area contributed by atoms with Crippen LogP contribution in [-0.2, 0) is 6.42 Å². The maximum Gasteiger partial charge on any atom is 0.162 e. The Balaban J connectivity index is 2.22. The Morgan fingerprint density at radius 3 is 2.71 bits per heavy atom. The summed E-state index contributed by atoms with van der Waals surface area (Å²) in [5.41, 5.74) is 0.112. The summed E-state index contributed by atoms with van der Waals surface area (Å²) in [7, 11) is 0. The minimum Gasteiger partial charge on any atom is -0.465 e. The summed E-state index contributed by atoms with van der Waals surface area (Å²) >= 11 is 3.19. The molecular formula is C12H9BrF2O2. The molecule has 0 aliphatic rings. The average molecular weight is 303 g/mol. The standard InChI is InChI=1S/C12H9BrF2O2/c13-8-4-5-17-12(8)10(16)6-7-2-1-3-9(14)11(7)15/h1-5,10,16H,6H2. The molecule has 1 atom stereocenters. The SMILES string of the molecule is OC(Cc1cccc(F)c1F)c1occc1Br. The molecule has 0 bridgehead atoms. The van der Waals surface area contributed by atoms with Crippen molar-refractivity contribution in [3.05, 3.63) is 58.0 Å². The van der Waals surface area contributed by atoms with E-state index in [9.17, 15) is 13.9 Å². The highest BCUT2D eigenvalue weighted by Gasteiger charge is 2.18. The fraction of sp³-hybridized carbons (Fsp3) is 0.167. The smallest absolute Gasteiger partial charge is 0.162 e. The van der Waals surface area contributed by atoms with Gasteiger partial charge in [0.25, 0.3) is 0 Å². The van der Waals surface area contributed by atoms with Crippen LogP contribution in [0, 0.1) is 11.6 Å². The van der Waals surface area contributed by atoms with Gasteiger partial charge in [-0.25, -0.2) is 8.78 Å². The van der Waals surface area contributed by atoms with Gasteiger partial charge in [-0.3, -0.25) is 0 Å². The van der Waals surface area contributed by atoms with Crippen LogP contribution in [0.15, 0.2) is 39.4 Å². The molecule has 0 saturated carbocycles. The number of rotatable bonds is 3. The number of halogens is 3. The third kappa shape index (κ3) is 2.56. The van der Waals surface area contributed by atoms with Crippen LogP contribution in [0.5, 0.6) is 0 Å². The van der Waals surface area contributed by atoms with Crippen molar-refractivity contribution in [2.45, 2.75) is 12.5 Å². The third-order valence-electron chi connectivity index (χ3n) is 2.39. The molecule has 1 unspecified atom stereocenters. The first-order valence-electron chi connectivity index (χ1n) is 4.93. The molecule has 2 rings (SSSR count). The number of furan rings is 1. The summed E-state index contributed by atoms with van der Waals surface area (Å²) < 4.78 is 32.0. The Bertz CT molecular complexity index is 525. The summed E-state index contributed by atoms with van der Waals surface area (Å²) in [4.78, 5) is 0. The summed E-state index contributed by atoms with van der Waals surface area (Å²) in [6.45, 7) is 0. The zero-order valence-corrected chi connectivity index (χ0v) is 10.2. The normalized spacial score (nSPS) is 12.7. The molecule has 1 N–H and O–H groups in total. The number of hydrogen-bond acceptors (Lipinski definition) is 2. The Hall–Kier alpha value is -1.20. The fourth-order valence-corrected chi connectivity index (χ4v) is 2.02. The second-order valence-electron chi connectivity index (χ2n) is 3.57. The second-order valence-corrected chi connectivity index (χ2v) is 4.42. The topological polar surface area (TPSA) is 33.4 Å². The molecule has 1 heterocycles. The second kappa shape index (κ2) is 4.98. The quantitative estimate of drug-likeness (QED) is 0.940. The van der Waals surface area contributed by atoms with E-state index in [1.165, 1.54) is 18.4 Å². The lowest BCUT2D eigenvalue weighted by atomic mass is 10.1. The van der Waals surface area contributed by atoms with Crippen LogP contribution in [-0.4, -0.2) is 5.11 Å². The van der Waals surface area contributed by atoms with Gasteiger partial charge >= 0.3 is 0 Å². The van der Waals surface area contributed by atoms with Crippen LogP contribution in [0.1, 0.15) is 17.4 Å². The summed E-state index contributed by atoms with van der Waals surface area (Å²) in [6, 6.07) is 5.49. The van der Waals surface area contributed by atoms with Crippen LogP contribution in [0.4, 0.5) is 8.78 Å².